The minimum Gasteiger partial charge on any atom is -0.228 e. The molecule has 8 aromatic carbocycles. The van der Waals surface area contributed by atoms with Gasteiger partial charge in [-0.3, -0.25) is 0 Å². The van der Waals surface area contributed by atoms with Crippen LogP contribution in [-0.4, -0.2) is 9.97 Å². The van der Waals surface area contributed by atoms with Crippen LogP contribution in [-0.2, 0) is 10.8 Å². The first-order chi connectivity index (χ1) is 27.5. The normalized spacial score (nSPS) is 14.2. The fraction of sp³-hybridized carbons (Fsp3) is 0.0741. The molecule has 0 saturated heterocycles. The highest BCUT2D eigenvalue weighted by Crippen LogP contribution is 2.62. The van der Waals surface area contributed by atoms with Crippen LogP contribution in [0.1, 0.15) is 47.2 Å². The Labute approximate surface area is 327 Å². The van der Waals surface area contributed by atoms with Crippen molar-refractivity contribution < 1.29 is 0 Å². The molecule has 11 rings (SSSR count). The summed E-state index contributed by atoms with van der Waals surface area (Å²) in [4.78, 5) is 10.3. The number of nitrogens with zero attached hydrogens (tertiary/aromatic N) is 2. The molecule has 0 amide bonds. The van der Waals surface area contributed by atoms with Crippen LogP contribution in [0.15, 0.2) is 194 Å². The Hall–Kier alpha value is -6.90. The van der Waals surface area contributed by atoms with Gasteiger partial charge in [0.15, 0.2) is 5.82 Å². The van der Waals surface area contributed by atoms with E-state index < -0.39 is 5.41 Å². The lowest BCUT2D eigenvalue weighted by Gasteiger charge is -2.46. The largest absolute Gasteiger partial charge is 0.228 e. The fourth-order valence-corrected chi connectivity index (χ4v) is 9.71. The quantitative estimate of drug-likeness (QED) is 0.181. The number of benzene rings is 8. The molecule has 0 N–H and O–H groups in total. The zero-order valence-corrected chi connectivity index (χ0v) is 31.4. The molecule has 9 aromatic rings. The first-order valence-corrected chi connectivity index (χ1v) is 19.5. The van der Waals surface area contributed by atoms with E-state index in [0.29, 0.717) is 5.82 Å². The Kier molecular flexibility index (Phi) is 7.15. The van der Waals surface area contributed by atoms with E-state index in [4.69, 9.17) is 9.97 Å². The summed E-state index contributed by atoms with van der Waals surface area (Å²) in [5, 5.41) is 2.41. The summed E-state index contributed by atoms with van der Waals surface area (Å²) < 4.78 is 0. The maximum atomic E-state index is 5.18. The second-order valence-electron chi connectivity index (χ2n) is 15.7. The van der Waals surface area contributed by atoms with E-state index in [1.807, 2.05) is 18.2 Å². The fourth-order valence-electron chi connectivity index (χ4n) is 9.71. The van der Waals surface area contributed by atoms with Crippen molar-refractivity contribution in [1.82, 2.24) is 9.97 Å². The molecule has 0 fully saturated rings. The van der Waals surface area contributed by atoms with Crippen LogP contribution in [0, 0.1) is 0 Å². The highest BCUT2D eigenvalue weighted by molar-refractivity contribution is 5.91. The van der Waals surface area contributed by atoms with Gasteiger partial charge in [0, 0.05) is 22.1 Å². The summed E-state index contributed by atoms with van der Waals surface area (Å²) >= 11 is 0. The van der Waals surface area contributed by atoms with Crippen molar-refractivity contribution in [3.8, 4) is 56.2 Å². The van der Waals surface area contributed by atoms with Crippen LogP contribution < -0.4 is 0 Å². The van der Waals surface area contributed by atoms with Gasteiger partial charge in [-0.05, 0) is 90.7 Å². The van der Waals surface area contributed by atoms with Crippen molar-refractivity contribution >= 4 is 10.8 Å². The molecule has 0 radical (unpaired) electrons. The second-order valence-corrected chi connectivity index (χ2v) is 15.7. The summed E-state index contributed by atoms with van der Waals surface area (Å²) in [5.41, 5.74) is 17.6. The SMILES string of the molecule is CC1(C)c2ccccc2C2(c3ccccc3-c3cc(-c4cccc(-c5cc(-c6ccc7ccccc7c6)nc(-c6ccccc6)n5)c4)ccc32)c2ccccc21. The van der Waals surface area contributed by atoms with Gasteiger partial charge in [0.25, 0.3) is 0 Å². The number of hydrogen-bond donors (Lipinski definition) is 0. The molecule has 0 aliphatic heterocycles. The number of fused-ring (bicyclic) bond motifs is 10. The van der Waals surface area contributed by atoms with Crippen molar-refractivity contribution in [2.24, 2.45) is 0 Å². The van der Waals surface area contributed by atoms with E-state index in [1.54, 1.807) is 0 Å². The molecule has 2 heteroatoms. The minimum absolute atomic E-state index is 0.119. The maximum absolute atomic E-state index is 5.18. The molecule has 2 aliphatic carbocycles. The van der Waals surface area contributed by atoms with Gasteiger partial charge in [-0.2, -0.15) is 0 Å². The standard InChI is InChI=1S/C54H38N2/c1-53(2)46-23-10-12-25-48(46)54(49-26-13-11-24-47(49)53)44-22-9-8-21-42(44)43-33-39(29-30-45(43)54)38-19-14-20-40(32-38)50-34-51(56-52(55-50)36-16-4-3-5-17-36)41-28-27-35-15-6-7-18-37(35)31-41/h3-34H,1-2H3. The molecule has 56 heavy (non-hydrogen) atoms. The van der Waals surface area contributed by atoms with Crippen LogP contribution >= 0.6 is 0 Å². The molecule has 1 heterocycles. The summed E-state index contributed by atoms with van der Waals surface area (Å²) in [5.74, 6) is 0.715. The van der Waals surface area contributed by atoms with E-state index in [1.165, 1.54) is 60.8 Å². The lowest BCUT2D eigenvalue weighted by molar-refractivity contribution is 0.563. The topological polar surface area (TPSA) is 25.8 Å². The molecule has 1 aromatic heterocycles. The summed E-state index contributed by atoms with van der Waals surface area (Å²) in [6, 6.07) is 70.8. The Balaban J connectivity index is 1.07. The van der Waals surface area contributed by atoms with Gasteiger partial charge in [-0.15, -0.1) is 0 Å². The van der Waals surface area contributed by atoms with Gasteiger partial charge in [0.2, 0.25) is 0 Å². The van der Waals surface area contributed by atoms with Crippen LogP contribution in [0.4, 0.5) is 0 Å². The maximum Gasteiger partial charge on any atom is 0.160 e. The third-order valence-corrected chi connectivity index (χ3v) is 12.3. The van der Waals surface area contributed by atoms with Gasteiger partial charge >= 0.3 is 0 Å². The smallest absolute Gasteiger partial charge is 0.160 e. The third kappa shape index (κ3) is 4.75. The summed E-state index contributed by atoms with van der Waals surface area (Å²) in [7, 11) is 0. The molecular weight excluding hydrogens is 677 g/mol. The summed E-state index contributed by atoms with van der Waals surface area (Å²) in [6.07, 6.45) is 0. The first-order valence-electron chi connectivity index (χ1n) is 19.5. The average molecular weight is 715 g/mol. The second kappa shape index (κ2) is 12.3. The molecule has 0 atom stereocenters. The predicted molar refractivity (Wildman–Crippen MR) is 231 cm³/mol. The van der Waals surface area contributed by atoms with Crippen molar-refractivity contribution in [3.05, 3.63) is 228 Å². The number of hydrogen-bond acceptors (Lipinski definition) is 2. The van der Waals surface area contributed by atoms with Gasteiger partial charge < -0.3 is 0 Å². The van der Waals surface area contributed by atoms with Gasteiger partial charge in [-0.25, -0.2) is 9.97 Å². The lowest BCUT2D eigenvalue weighted by Crippen LogP contribution is -2.40. The Morgan fingerprint density at radius 3 is 1.57 bits per heavy atom. The highest BCUT2D eigenvalue weighted by Gasteiger charge is 2.53. The van der Waals surface area contributed by atoms with Crippen LogP contribution in [0.25, 0.3) is 66.9 Å². The Bertz CT molecular complexity index is 2960. The Morgan fingerprint density at radius 2 is 0.839 bits per heavy atom. The van der Waals surface area contributed by atoms with E-state index in [-0.39, 0.29) is 5.41 Å². The highest BCUT2D eigenvalue weighted by atomic mass is 14.9. The molecule has 2 aliphatic rings. The summed E-state index contributed by atoms with van der Waals surface area (Å²) in [6.45, 7) is 4.75. The molecule has 2 nitrogen and oxygen atoms in total. The van der Waals surface area contributed by atoms with Crippen molar-refractivity contribution in [2.75, 3.05) is 0 Å². The molecule has 0 unspecified atom stereocenters. The van der Waals surface area contributed by atoms with Crippen molar-refractivity contribution in [3.63, 3.8) is 0 Å². The zero-order chi connectivity index (χ0) is 37.4. The lowest BCUT2D eigenvalue weighted by atomic mass is 9.55. The molecule has 264 valence electrons. The predicted octanol–water partition coefficient (Wildman–Crippen LogP) is 13.3. The Morgan fingerprint density at radius 1 is 0.321 bits per heavy atom. The van der Waals surface area contributed by atoms with Gasteiger partial charge in [0.1, 0.15) is 0 Å². The van der Waals surface area contributed by atoms with Crippen molar-refractivity contribution in [2.45, 2.75) is 24.7 Å². The van der Waals surface area contributed by atoms with Crippen LogP contribution in [0.5, 0.6) is 0 Å². The molecule has 0 bridgehead atoms. The number of aromatic nitrogens is 2. The average Bonchev–Trinajstić information content (AvgIpc) is 3.56. The van der Waals surface area contributed by atoms with Gasteiger partial charge in [-0.1, -0.05) is 184 Å². The van der Waals surface area contributed by atoms with Gasteiger partial charge in [0.05, 0.1) is 16.8 Å². The van der Waals surface area contributed by atoms with E-state index in [0.717, 1.165) is 33.6 Å². The minimum atomic E-state index is -0.400. The molecular formula is C54H38N2. The van der Waals surface area contributed by atoms with Crippen molar-refractivity contribution in [1.29, 1.82) is 0 Å². The van der Waals surface area contributed by atoms with Crippen LogP contribution in [0.3, 0.4) is 0 Å². The van der Waals surface area contributed by atoms with Crippen LogP contribution in [0.2, 0.25) is 0 Å². The zero-order valence-electron chi connectivity index (χ0n) is 31.4. The molecule has 1 spiro atoms. The first kappa shape index (κ1) is 32.5. The van der Waals surface area contributed by atoms with E-state index in [2.05, 4.69) is 190 Å². The molecule has 0 saturated carbocycles. The third-order valence-electron chi connectivity index (χ3n) is 12.3. The number of rotatable bonds is 4. The van der Waals surface area contributed by atoms with E-state index in [9.17, 15) is 0 Å². The van der Waals surface area contributed by atoms with E-state index >= 15 is 0 Å². The monoisotopic (exact) mass is 714 g/mol.